The Labute approximate surface area is 363 Å². The third kappa shape index (κ3) is 8.16. The highest BCUT2D eigenvalue weighted by molar-refractivity contribution is 6.07. The number of fused-ring (bicyclic) bond motifs is 1. The molecule has 3 aromatic carbocycles. The van der Waals surface area contributed by atoms with E-state index in [0.717, 1.165) is 48.1 Å². The van der Waals surface area contributed by atoms with Crippen LogP contribution in [0, 0.1) is 13.8 Å². The van der Waals surface area contributed by atoms with E-state index in [1.165, 1.54) is 6.07 Å². The number of amides is 4. The highest BCUT2D eigenvalue weighted by Crippen LogP contribution is 2.44. The summed E-state index contributed by atoms with van der Waals surface area (Å²) in [7, 11) is 0. The van der Waals surface area contributed by atoms with Gasteiger partial charge in [0.1, 0.15) is 11.4 Å². The van der Waals surface area contributed by atoms with Crippen molar-refractivity contribution in [2.75, 3.05) is 67.9 Å². The van der Waals surface area contributed by atoms with E-state index in [0.29, 0.717) is 46.7 Å². The molecular weight excluding hydrogens is 812 g/mol. The van der Waals surface area contributed by atoms with Gasteiger partial charge in [0.25, 0.3) is 11.8 Å². The van der Waals surface area contributed by atoms with Gasteiger partial charge in [0.05, 0.1) is 17.3 Å². The average Bonchev–Trinajstić information content (AvgIpc) is 3.70. The molecule has 0 spiro atoms. The number of nitrogen functional groups attached to an aromatic ring is 1. The minimum Gasteiger partial charge on any atom is -0.507 e. The molecule has 4 N–H and O–H groups in total. The SMILES string of the molecule is Cc1cc(C(=O)N2CCC(F)(CN3CCC(n4ccc5c(C)c(N6CCC(=O)NC6=O)ccc54)CC3)CC2)ccc1[C@@H]1CN(c2cc(-c3ccccc3O)nnc2N)CCC1(F)F. The first-order chi connectivity index (χ1) is 30.2. The topological polar surface area (TPSA) is 153 Å². The Kier molecular flexibility index (Phi) is 11.1. The number of carbonyl (C=O) groups excluding carboxylic acids is 3. The summed E-state index contributed by atoms with van der Waals surface area (Å²) in [5.74, 6) is -4.60. The lowest BCUT2D eigenvalue weighted by Crippen LogP contribution is -2.51. The molecule has 4 fully saturated rings. The van der Waals surface area contributed by atoms with E-state index in [1.54, 1.807) is 64.1 Å². The number of nitrogens with zero attached hydrogens (tertiary/aromatic N) is 7. The summed E-state index contributed by atoms with van der Waals surface area (Å²) in [6, 6.07) is 19.1. The van der Waals surface area contributed by atoms with Crippen molar-refractivity contribution in [1.29, 1.82) is 0 Å². The Morgan fingerprint density at radius 3 is 2.38 bits per heavy atom. The minimum atomic E-state index is -3.02. The third-order valence-electron chi connectivity index (χ3n) is 13.7. The van der Waals surface area contributed by atoms with Gasteiger partial charge in [-0.05, 0) is 91.9 Å². The van der Waals surface area contributed by atoms with Crippen LogP contribution in [-0.4, -0.2) is 111 Å². The first kappa shape index (κ1) is 42.2. The molecule has 0 saturated carbocycles. The average molecular weight is 864 g/mol. The number of aromatic nitrogens is 3. The number of aromatic hydroxyl groups is 1. The molecule has 1 atom stereocenters. The number of hydrogen-bond acceptors (Lipinski definition) is 9. The van der Waals surface area contributed by atoms with Crippen molar-refractivity contribution >= 4 is 45.9 Å². The molecule has 4 amide bonds. The molecule has 6 heterocycles. The Bertz CT molecular complexity index is 2580. The van der Waals surface area contributed by atoms with Crippen LogP contribution < -0.4 is 20.9 Å². The second kappa shape index (κ2) is 16.5. The molecule has 0 bridgehead atoms. The van der Waals surface area contributed by atoms with Gasteiger partial charge in [0.15, 0.2) is 5.82 Å². The summed E-state index contributed by atoms with van der Waals surface area (Å²) < 4.78 is 50.1. The molecule has 16 heteroatoms. The highest BCUT2D eigenvalue weighted by atomic mass is 19.3. The Hall–Kier alpha value is -6.16. The summed E-state index contributed by atoms with van der Waals surface area (Å²) in [5.41, 5.74) is 10.3. The first-order valence-corrected chi connectivity index (χ1v) is 21.7. The number of nitrogens with one attached hydrogen (secondary N) is 1. The van der Waals surface area contributed by atoms with Crippen LogP contribution in [0.2, 0.25) is 0 Å². The largest absolute Gasteiger partial charge is 0.507 e. The zero-order valence-corrected chi connectivity index (χ0v) is 35.5. The standard InChI is InChI=1S/C47H52F3N9O4/c1-29-25-31(7-8-33(29)36-27-57(24-17-47(36,49)50)40-26-37(53-54-43(40)51)35-5-3-4-6-41(35)60)44(62)56-22-15-46(48,16-23-56)28-55-18-11-32(12-19-55)58-20-13-34-30(2)38(9-10-39(34)58)59-21-14-42(61)52-45(59)63/h3-10,13,20,25-26,32,36,60H,11-12,14-19,21-24,27-28H2,1-2H3,(H2,51,54)(H,52,61,63)/t36-/m0/s1. The van der Waals surface area contributed by atoms with Gasteiger partial charge in [-0.25, -0.2) is 18.0 Å². The molecule has 4 aliphatic heterocycles. The van der Waals surface area contributed by atoms with Crippen LogP contribution in [-0.2, 0) is 4.79 Å². The van der Waals surface area contributed by atoms with Crippen molar-refractivity contribution in [2.45, 2.75) is 75.9 Å². The molecule has 0 aliphatic carbocycles. The normalized spacial score (nSPS) is 20.9. The molecule has 0 unspecified atom stereocenters. The maximum Gasteiger partial charge on any atom is 0.328 e. The number of phenols is 1. The molecule has 9 rings (SSSR count). The Morgan fingerprint density at radius 2 is 1.65 bits per heavy atom. The monoisotopic (exact) mass is 863 g/mol. The van der Waals surface area contributed by atoms with Crippen molar-refractivity contribution in [2.24, 2.45) is 0 Å². The molecular formula is C47H52F3N9O4. The van der Waals surface area contributed by atoms with Crippen LogP contribution in [0.4, 0.5) is 35.2 Å². The molecule has 63 heavy (non-hydrogen) atoms. The van der Waals surface area contributed by atoms with Gasteiger partial charge in [-0.15, -0.1) is 10.2 Å². The van der Waals surface area contributed by atoms with E-state index in [-0.39, 0.29) is 74.9 Å². The number of halogens is 3. The number of nitrogens with two attached hydrogens (primary N) is 1. The Balaban J connectivity index is 0.800. The number of phenolic OH excluding ortho intramolecular Hbond substituents is 1. The summed E-state index contributed by atoms with van der Waals surface area (Å²) in [6.07, 6.45) is 4.08. The number of imide groups is 1. The predicted octanol–water partition coefficient (Wildman–Crippen LogP) is 7.36. The summed E-state index contributed by atoms with van der Waals surface area (Å²) >= 11 is 0. The number of urea groups is 1. The Morgan fingerprint density at radius 1 is 0.889 bits per heavy atom. The smallest absolute Gasteiger partial charge is 0.328 e. The van der Waals surface area contributed by atoms with E-state index in [2.05, 4.69) is 37.2 Å². The number of hydrogen-bond donors (Lipinski definition) is 3. The van der Waals surface area contributed by atoms with Gasteiger partial charge < -0.3 is 30.1 Å². The summed E-state index contributed by atoms with van der Waals surface area (Å²) in [6.45, 7) is 6.39. The lowest BCUT2D eigenvalue weighted by molar-refractivity contribution is -0.120. The van der Waals surface area contributed by atoms with Crippen molar-refractivity contribution in [1.82, 2.24) is 29.9 Å². The van der Waals surface area contributed by atoms with E-state index in [1.807, 2.05) is 19.1 Å². The van der Waals surface area contributed by atoms with Crippen LogP contribution in [0.5, 0.6) is 5.75 Å². The number of aryl methyl sites for hydroxylation is 2. The van der Waals surface area contributed by atoms with Crippen LogP contribution in [0.1, 0.15) is 77.5 Å². The number of likely N-dealkylation sites (tertiary alicyclic amines) is 2. The van der Waals surface area contributed by atoms with E-state index in [9.17, 15) is 19.5 Å². The third-order valence-corrected chi connectivity index (χ3v) is 13.7. The summed E-state index contributed by atoms with van der Waals surface area (Å²) in [5, 5.41) is 22.0. The van der Waals surface area contributed by atoms with Gasteiger partial charge in [-0.2, -0.15) is 0 Å². The zero-order valence-electron chi connectivity index (χ0n) is 35.5. The molecule has 13 nitrogen and oxygen atoms in total. The lowest BCUT2D eigenvalue weighted by Gasteiger charge is -2.41. The molecule has 4 saturated heterocycles. The minimum absolute atomic E-state index is 0.0145. The molecule has 2 aromatic heterocycles. The number of carbonyl (C=O) groups is 3. The van der Waals surface area contributed by atoms with Crippen molar-refractivity contribution in [3.05, 3.63) is 95.2 Å². The first-order valence-electron chi connectivity index (χ1n) is 21.7. The maximum atomic E-state index is 16.4. The van der Waals surface area contributed by atoms with Crippen LogP contribution in [0.25, 0.3) is 22.2 Å². The lowest BCUT2D eigenvalue weighted by atomic mass is 9.84. The van der Waals surface area contributed by atoms with Crippen molar-refractivity contribution in [3.63, 3.8) is 0 Å². The van der Waals surface area contributed by atoms with Gasteiger partial charge in [0.2, 0.25) is 5.91 Å². The fraction of sp³-hybridized carbons (Fsp3) is 0.426. The number of alkyl halides is 3. The molecule has 0 radical (unpaired) electrons. The molecule has 330 valence electrons. The van der Waals surface area contributed by atoms with Crippen LogP contribution in [0.15, 0.2) is 72.9 Å². The van der Waals surface area contributed by atoms with Crippen LogP contribution in [0.3, 0.4) is 0 Å². The van der Waals surface area contributed by atoms with Gasteiger partial charge in [0, 0.05) is 118 Å². The molecule has 4 aliphatic rings. The van der Waals surface area contributed by atoms with E-state index in [4.69, 9.17) is 5.73 Å². The van der Waals surface area contributed by atoms with Crippen molar-refractivity contribution < 1.29 is 32.7 Å². The molecule has 5 aromatic rings. The van der Waals surface area contributed by atoms with Gasteiger partial charge in [-0.3, -0.25) is 19.8 Å². The second-order valence-electron chi connectivity index (χ2n) is 17.7. The number of anilines is 3. The number of piperidine rings is 3. The second-order valence-corrected chi connectivity index (χ2v) is 17.7. The fourth-order valence-electron chi connectivity index (χ4n) is 10.1. The van der Waals surface area contributed by atoms with E-state index < -0.39 is 30.0 Å². The predicted molar refractivity (Wildman–Crippen MR) is 235 cm³/mol. The zero-order chi connectivity index (χ0) is 44.2. The number of benzene rings is 3. The van der Waals surface area contributed by atoms with Gasteiger partial charge >= 0.3 is 6.03 Å². The van der Waals surface area contributed by atoms with Crippen molar-refractivity contribution in [3.8, 4) is 17.0 Å². The number of rotatable bonds is 8. The number of para-hydroxylation sites is 1. The van der Waals surface area contributed by atoms with Crippen LogP contribution >= 0.6 is 0 Å². The summed E-state index contributed by atoms with van der Waals surface area (Å²) in [4.78, 5) is 45.2. The highest BCUT2D eigenvalue weighted by Gasteiger charge is 2.46. The quantitative estimate of drug-likeness (QED) is 0.145. The maximum absolute atomic E-state index is 16.4. The van der Waals surface area contributed by atoms with E-state index >= 15 is 13.2 Å². The fourth-order valence-corrected chi connectivity index (χ4v) is 10.1. The van der Waals surface area contributed by atoms with Gasteiger partial charge in [-0.1, -0.05) is 18.2 Å².